The Balaban J connectivity index is 1.21. The summed E-state index contributed by atoms with van der Waals surface area (Å²) < 4.78 is 77.1. The molecule has 6 aromatic rings. The predicted octanol–water partition coefficient (Wildman–Crippen LogP) is 11.6. The molecule has 2 aliphatic heterocycles. The first-order valence-electron chi connectivity index (χ1n) is 26.0. The van der Waals surface area contributed by atoms with Crippen molar-refractivity contribution in [3.05, 3.63) is 215 Å². The fourth-order valence-electron chi connectivity index (χ4n) is 9.61. The van der Waals surface area contributed by atoms with Crippen molar-refractivity contribution in [2.45, 2.75) is 140 Å². The van der Waals surface area contributed by atoms with Crippen LogP contribution in [-0.2, 0) is 91.4 Å². The van der Waals surface area contributed by atoms with E-state index in [4.69, 9.17) is 51.8 Å². The SMILES string of the molecule is CC[Si](CC)(CC)O[C@H]1[C@H](OCc2ccccc2)[C@@H](OCc2ccccc2)[C@@H](O[C@H]2[C@H](OCc3ccccc3)[C@@H](OCc3ccccc3)[C@@H](OC)O[C@@H]2COCc2ccccc2)O[C@@H]1COCc1ccccc1. The maximum Gasteiger partial charge on any atom is 0.192 e. The second-order valence-corrected chi connectivity index (χ2v) is 23.5. The molecular formula is C61H74O11Si. The van der Waals surface area contributed by atoms with E-state index in [9.17, 15) is 0 Å². The standard InChI is InChI=1S/C61H74O11Si/c1-5-73(6-2,7-3)72-55-53(45-64-39-47-28-16-9-17-29-47)70-61(59(68-43-51-36-24-13-25-37-51)57(55)66-41-49-32-20-11-21-33-49)71-54-52(44-63-38-46-26-14-8-15-27-46)69-60(62-4)58(67-42-50-34-22-12-23-35-50)56(54)65-40-48-30-18-10-19-31-48/h8-37,52-61H,5-7,38-45H2,1-4H3/t52-,53-,54-,55-,56+,57+,58-,59-,60+,61-/m1/s1. The summed E-state index contributed by atoms with van der Waals surface area (Å²) in [4.78, 5) is 0. The largest absolute Gasteiger partial charge is 0.408 e. The van der Waals surface area contributed by atoms with E-state index in [1.54, 1.807) is 7.11 Å². The van der Waals surface area contributed by atoms with Gasteiger partial charge in [-0.15, -0.1) is 0 Å². The van der Waals surface area contributed by atoms with Gasteiger partial charge in [0.1, 0.15) is 48.8 Å². The van der Waals surface area contributed by atoms with Gasteiger partial charge in [0.25, 0.3) is 0 Å². The van der Waals surface area contributed by atoms with Crippen LogP contribution in [0.1, 0.15) is 54.2 Å². The molecule has 2 saturated heterocycles. The van der Waals surface area contributed by atoms with Gasteiger partial charge in [0, 0.05) is 7.11 Å². The second kappa shape index (κ2) is 28.7. The fraction of sp³-hybridized carbons (Fsp3) is 0.410. The van der Waals surface area contributed by atoms with Gasteiger partial charge in [-0.3, -0.25) is 0 Å². The van der Waals surface area contributed by atoms with Gasteiger partial charge >= 0.3 is 0 Å². The van der Waals surface area contributed by atoms with Crippen LogP contribution < -0.4 is 0 Å². The Kier molecular flexibility index (Phi) is 21.4. The number of hydrogen-bond donors (Lipinski definition) is 0. The van der Waals surface area contributed by atoms with E-state index in [1.807, 2.05) is 146 Å². The van der Waals surface area contributed by atoms with E-state index in [1.165, 1.54) is 0 Å². The highest BCUT2D eigenvalue weighted by molar-refractivity contribution is 6.73. The van der Waals surface area contributed by atoms with Crippen molar-refractivity contribution in [2.24, 2.45) is 0 Å². The van der Waals surface area contributed by atoms with Crippen LogP contribution in [0.2, 0.25) is 18.1 Å². The molecule has 0 unspecified atom stereocenters. The van der Waals surface area contributed by atoms with Crippen molar-refractivity contribution in [3.8, 4) is 0 Å². The van der Waals surface area contributed by atoms with Crippen LogP contribution >= 0.6 is 0 Å². The molecule has 11 nitrogen and oxygen atoms in total. The number of rotatable bonds is 28. The fourth-order valence-corrected chi connectivity index (χ4v) is 12.5. The second-order valence-electron chi connectivity index (χ2n) is 18.8. The van der Waals surface area contributed by atoms with Gasteiger partial charge in [-0.1, -0.05) is 203 Å². The Bertz CT molecular complexity index is 2390. The van der Waals surface area contributed by atoms with Crippen LogP contribution in [0.3, 0.4) is 0 Å². The van der Waals surface area contributed by atoms with Crippen LogP contribution in [0.5, 0.6) is 0 Å². The average molecular weight is 1010 g/mol. The van der Waals surface area contributed by atoms with Gasteiger partial charge in [-0.25, -0.2) is 0 Å². The molecular weight excluding hydrogens is 937 g/mol. The summed E-state index contributed by atoms with van der Waals surface area (Å²) >= 11 is 0. The molecule has 6 aromatic carbocycles. The zero-order valence-electron chi connectivity index (χ0n) is 42.9. The molecule has 388 valence electrons. The van der Waals surface area contributed by atoms with E-state index >= 15 is 0 Å². The third-order valence-corrected chi connectivity index (χ3v) is 18.6. The van der Waals surface area contributed by atoms with E-state index in [2.05, 4.69) is 57.2 Å². The molecule has 0 saturated carbocycles. The lowest BCUT2D eigenvalue weighted by Gasteiger charge is -2.51. The first kappa shape index (κ1) is 54.4. The monoisotopic (exact) mass is 1010 g/mol. The third kappa shape index (κ3) is 15.6. The average Bonchev–Trinajstić information content (AvgIpc) is 3.45. The summed E-state index contributed by atoms with van der Waals surface area (Å²) in [5.74, 6) is 0. The van der Waals surface area contributed by atoms with Crippen LogP contribution in [0, 0.1) is 0 Å². The van der Waals surface area contributed by atoms with Gasteiger partial charge in [-0.2, -0.15) is 0 Å². The van der Waals surface area contributed by atoms with E-state index in [0.29, 0.717) is 19.8 Å². The Morgan fingerprint density at radius 2 is 0.658 bits per heavy atom. The molecule has 10 atom stereocenters. The molecule has 0 aromatic heterocycles. The van der Waals surface area contributed by atoms with Gasteiger partial charge < -0.3 is 51.8 Å². The third-order valence-electron chi connectivity index (χ3n) is 14.0. The molecule has 0 spiro atoms. The maximum absolute atomic E-state index is 7.58. The molecule has 2 aliphatic rings. The number of ether oxygens (including phenoxy) is 10. The molecule has 0 aliphatic carbocycles. The normalized spacial score (nSPS) is 24.3. The Labute approximate surface area is 434 Å². The van der Waals surface area contributed by atoms with Crippen molar-refractivity contribution in [2.75, 3.05) is 20.3 Å². The molecule has 0 bridgehead atoms. The minimum Gasteiger partial charge on any atom is -0.408 e. The lowest BCUT2D eigenvalue weighted by atomic mass is 9.96. The molecule has 0 amide bonds. The van der Waals surface area contributed by atoms with Crippen LogP contribution in [-0.4, -0.2) is 90.1 Å². The van der Waals surface area contributed by atoms with E-state index in [-0.39, 0.29) is 33.0 Å². The summed E-state index contributed by atoms with van der Waals surface area (Å²) in [6.07, 6.45) is -7.72. The Morgan fingerprint density at radius 1 is 0.356 bits per heavy atom. The zero-order valence-corrected chi connectivity index (χ0v) is 43.9. The van der Waals surface area contributed by atoms with Gasteiger partial charge in [0.2, 0.25) is 0 Å². The van der Waals surface area contributed by atoms with Crippen molar-refractivity contribution >= 4 is 8.32 Å². The van der Waals surface area contributed by atoms with Crippen LogP contribution in [0.4, 0.5) is 0 Å². The van der Waals surface area contributed by atoms with E-state index < -0.39 is 69.7 Å². The minimum atomic E-state index is -2.35. The summed E-state index contributed by atoms with van der Waals surface area (Å²) in [7, 11) is -0.721. The van der Waals surface area contributed by atoms with Crippen molar-refractivity contribution in [1.82, 2.24) is 0 Å². The highest BCUT2D eigenvalue weighted by Gasteiger charge is 2.55. The lowest BCUT2D eigenvalue weighted by molar-refractivity contribution is -0.372. The maximum atomic E-state index is 7.58. The molecule has 8 rings (SSSR count). The quantitative estimate of drug-likeness (QED) is 0.0439. The van der Waals surface area contributed by atoms with Crippen molar-refractivity contribution in [3.63, 3.8) is 0 Å². The van der Waals surface area contributed by atoms with Crippen molar-refractivity contribution in [1.29, 1.82) is 0 Å². The smallest absolute Gasteiger partial charge is 0.192 e. The lowest BCUT2D eigenvalue weighted by Crippen LogP contribution is -2.67. The summed E-state index contributed by atoms with van der Waals surface area (Å²) in [5, 5.41) is 0. The summed E-state index contributed by atoms with van der Waals surface area (Å²) in [5.41, 5.74) is 6.06. The first-order chi connectivity index (χ1) is 36.0. The topological polar surface area (TPSA) is 102 Å². The number of methoxy groups -OCH3 is 1. The molecule has 0 N–H and O–H groups in total. The van der Waals surface area contributed by atoms with Gasteiger partial charge in [0.15, 0.2) is 20.9 Å². The highest BCUT2D eigenvalue weighted by atomic mass is 28.4. The summed E-state index contributed by atoms with van der Waals surface area (Å²) in [6, 6.07) is 63.5. The minimum absolute atomic E-state index is 0.138. The number of hydrogen-bond acceptors (Lipinski definition) is 11. The summed E-state index contributed by atoms with van der Waals surface area (Å²) in [6.45, 7) is 8.88. The molecule has 12 heteroatoms. The first-order valence-corrected chi connectivity index (χ1v) is 28.5. The highest BCUT2D eigenvalue weighted by Crippen LogP contribution is 2.38. The van der Waals surface area contributed by atoms with E-state index in [0.717, 1.165) is 51.5 Å². The van der Waals surface area contributed by atoms with Gasteiger partial charge in [-0.05, 0) is 51.5 Å². The number of benzene rings is 6. The van der Waals surface area contributed by atoms with Crippen molar-refractivity contribution < 1.29 is 51.8 Å². The Hall–Kier alpha value is -4.90. The predicted molar refractivity (Wildman–Crippen MR) is 284 cm³/mol. The molecule has 2 fully saturated rings. The Morgan fingerprint density at radius 3 is 1.01 bits per heavy atom. The van der Waals surface area contributed by atoms with Gasteiger partial charge in [0.05, 0.1) is 52.9 Å². The molecule has 2 heterocycles. The van der Waals surface area contributed by atoms with Crippen LogP contribution in [0.25, 0.3) is 0 Å². The molecule has 73 heavy (non-hydrogen) atoms. The van der Waals surface area contributed by atoms with Crippen LogP contribution in [0.15, 0.2) is 182 Å². The zero-order chi connectivity index (χ0) is 50.5. The molecule has 0 radical (unpaired) electrons.